The zero-order valence-corrected chi connectivity index (χ0v) is 18.6. The smallest absolute Gasteiger partial charge is 0.0720 e. The first-order chi connectivity index (χ1) is 15.3. The van der Waals surface area contributed by atoms with Crippen LogP contribution in [0.15, 0.2) is 60.7 Å². The van der Waals surface area contributed by atoms with E-state index in [4.69, 9.17) is 14.5 Å². The first-order valence-electron chi connectivity index (χ1n) is 11.6. The molecule has 3 heteroatoms. The molecular weight excluding hydrogens is 382 g/mol. The van der Waals surface area contributed by atoms with Crippen molar-refractivity contribution in [2.45, 2.75) is 58.7 Å². The van der Waals surface area contributed by atoms with Crippen molar-refractivity contribution in [1.82, 2.24) is 4.98 Å². The number of pyridine rings is 1. The molecule has 0 saturated heterocycles. The van der Waals surface area contributed by atoms with Crippen LogP contribution in [-0.2, 0) is 35.5 Å². The predicted molar refractivity (Wildman–Crippen MR) is 126 cm³/mol. The molecule has 0 bridgehead atoms. The van der Waals surface area contributed by atoms with Crippen LogP contribution >= 0.6 is 0 Å². The maximum absolute atomic E-state index is 5.98. The quantitative estimate of drug-likeness (QED) is 0.458. The molecule has 2 heterocycles. The average molecular weight is 416 g/mol. The lowest BCUT2D eigenvalue weighted by atomic mass is 10.0. The van der Waals surface area contributed by atoms with Crippen LogP contribution in [0.2, 0.25) is 0 Å². The molecule has 31 heavy (non-hydrogen) atoms. The third-order valence-corrected chi connectivity index (χ3v) is 5.99. The van der Waals surface area contributed by atoms with Crippen LogP contribution in [0, 0.1) is 6.92 Å². The number of benzene rings is 2. The van der Waals surface area contributed by atoms with Gasteiger partial charge in [-0.25, -0.2) is 0 Å². The number of rotatable bonds is 1. The molecule has 0 unspecified atom stereocenters. The van der Waals surface area contributed by atoms with Crippen molar-refractivity contribution < 1.29 is 9.47 Å². The Morgan fingerprint density at radius 2 is 1.29 bits per heavy atom. The van der Waals surface area contributed by atoms with Crippen molar-refractivity contribution in [3.63, 3.8) is 0 Å². The molecule has 3 nitrogen and oxygen atoms in total. The van der Waals surface area contributed by atoms with Crippen LogP contribution in [0.5, 0.6) is 0 Å². The molecule has 3 aromatic rings. The normalized spacial score (nSPS) is 16.3. The number of fused-ring (bicyclic) bond motifs is 2. The molecule has 0 aliphatic carbocycles. The molecule has 1 aliphatic rings. The largest absolute Gasteiger partial charge is 0.377 e. The van der Waals surface area contributed by atoms with Gasteiger partial charge >= 0.3 is 0 Å². The van der Waals surface area contributed by atoms with E-state index in [0.717, 1.165) is 57.4 Å². The van der Waals surface area contributed by atoms with E-state index in [0.29, 0.717) is 13.2 Å². The summed E-state index contributed by atoms with van der Waals surface area (Å²) in [6.45, 7) is 5.01. The third-order valence-electron chi connectivity index (χ3n) is 5.99. The monoisotopic (exact) mass is 415 g/mol. The number of ether oxygens (including phenoxy) is 2. The lowest BCUT2D eigenvalue weighted by molar-refractivity contribution is 0.103. The topological polar surface area (TPSA) is 31.4 Å². The molecule has 0 amide bonds. The van der Waals surface area contributed by atoms with E-state index in [1.165, 1.54) is 33.5 Å². The van der Waals surface area contributed by atoms with Gasteiger partial charge < -0.3 is 9.47 Å². The average Bonchev–Trinajstić information content (AvgIpc) is 2.79. The molecule has 0 N–H and O–H groups in total. The summed E-state index contributed by atoms with van der Waals surface area (Å²) >= 11 is 0. The first-order valence-corrected chi connectivity index (χ1v) is 11.6. The molecule has 1 aromatic heterocycles. The highest BCUT2D eigenvalue weighted by atomic mass is 16.5. The Morgan fingerprint density at radius 1 is 0.645 bits per heavy atom. The van der Waals surface area contributed by atoms with Gasteiger partial charge in [-0.2, -0.15) is 0 Å². The molecule has 162 valence electrons. The van der Waals surface area contributed by atoms with E-state index in [1.807, 2.05) is 0 Å². The van der Waals surface area contributed by atoms with E-state index in [-0.39, 0.29) is 0 Å². The zero-order chi connectivity index (χ0) is 21.3. The molecule has 4 rings (SSSR count). The van der Waals surface area contributed by atoms with Crippen LogP contribution in [0.1, 0.15) is 53.6 Å². The highest BCUT2D eigenvalue weighted by Gasteiger charge is 2.09. The second-order valence-corrected chi connectivity index (χ2v) is 8.46. The third kappa shape index (κ3) is 6.25. The van der Waals surface area contributed by atoms with Crippen LogP contribution in [0.3, 0.4) is 0 Å². The minimum atomic E-state index is 0.659. The number of aromatic nitrogens is 1. The second kappa shape index (κ2) is 11.2. The fourth-order valence-electron chi connectivity index (χ4n) is 4.08. The van der Waals surface area contributed by atoms with Crippen molar-refractivity contribution >= 4 is 0 Å². The first kappa shape index (κ1) is 21.7. The van der Waals surface area contributed by atoms with Gasteiger partial charge in [-0.05, 0) is 68.2 Å². The summed E-state index contributed by atoms with van der Waals surface area (Å²) in [5, 5.41) is 0. The van der Waals surface area contributed by atoms with Gasteiger partial charge in [-0.15, -0.1) is 0 Å². The maximum Gasteiger partial charge on any atom is 0.0720 e. The minimum Gasteiger partial charge on any atom is -0.377 e. The number of aryl methyl sites for hydroxylation is 3. The summed E-state index contributed by atoms with van der Waals surface area (Å²) < 4.78 is 11.9. The van der Waals surface area contributed by atoms with Crippen LogP contribution < -0.4 is 0 Å². The summed E-state index contributed by atoms with van der Waals surface area (Å²) in [5.74, 6) is 0. The lowest BCUT2D eigenvalue weighted by Crippen LogP contribution is -2.05. The van der Waals surface area contributed by atoms with Gasteiger partial charge in [-0.3, -0.25) is 4.98 Å². The Labute approximate surface area is 186 Å². The summed E-state index contributed by atoms with van der Waals surface area (Å²) in [6.07, 6.45) is 6.41. The van der Waals surface area contributed by atoms with Crippen LogP contribution in [-0.4, -0.2) is 18.2 Å². The molecular formula is C28H33NO2. The van der Waals surface area contributed by atoms with Gasteiger partial charge in [-0.1, -0.05) is 60.2 Å². The molecule has 0 radical (unpaired) electrons. The van der Waals surface area contributed by atoms with E-state index in [1.54, 1.807) is 0 Å². The van der Waals surface area contributed by atoms with Gasteiger partial charge in [0, 0.05) is 24.5 Å². The van der Waals surface area contributed by atoms with Gasteiger partial charge in [0.25, 0.3) is 0 Å². The summed E-state index contributed by atoms with van der Waals surface area (Å²) in [6, 6.07) is 21.6. The predicted octanol–water partition coefficient (Wildman–Crippen LogP) is 6.45. The Hall–Kier alpha value is -2.49. The molecule has 1 aliphatic heterocycles. The summed E-state index contributed by atoms with van der Waals surface area (Å²) in [4.78, 5) is 5.07. The summed E-state index contributed by atoms with van der Waals surface area (Å²) in [7, 11) is 0. The Morgan fingerprint density at radius 3 is 1.97 bits per heavy atom. The van der Waals surface area contributed by atoms with Crippen molar-refractivity contribution in [2.24, 2.45) is 0 Å². The Balaban J connectivity index is 1.45. The molecule has 0 saturated carbocycles. The highest BCUT2D eigenvalue weighted by molar-refractivity contribution is 5.60. The number of hydrogen-bond acceptors (Lipinski definition) is 3. The lowest BCUT2D eigenvalue weighted by Gasteiger charge is -2.14. The second-order valence-electron chi connectivity index (χ2n) is 8.46. The number of hydrogen-bond donors (Lipinski definition) is 0. The minimum absolute atomic E-state index is 0.659. The maximum atomic E-state index is 5.98. The zero-order valence-electron chi connectivity index (χ0n) is 18.6. The number of nitrogens with zero attached hydrogens (tertiary/aromatic N) is 1. The molecule has 0 atom stereocenters. The van der Waals surface area contributed by atoms with E-state index < -0.39 is 0 Å². The Bertz CT molecular complexity index is 965. The van der Waals surface area contributed by atoms with Crippen LogP contribution in [0.25, 0.3) is 11.3 Å². The SMILES string of the molecule is Cc1ccc(-c2ccc3c(n2)CCCCOCc2ccccc2COCCCC3)cc1. The fraction of sp³-hybridized carbons (Fsp3) is 0.393. The molecule has 0 spiro atoms. The van der Waals surface area contributed by atoms with Crippen LogP contribution in [0.4, 0.5) is 0 Å². The van der Waals surface area contributed by atoms with E-state index in [9.17, 15) is 0 Å². The van der Waals surface area contributed by atoms with Gasteiger partial charge in [0.2, 0.25) is 0 Å². The van der Waals surface area contributed by atoms with Gasteiger partial charge in [0.05, 0.1) is 18.9 Å². The van der Waals surface area contributed by atoms with Gasteiger partial charge in [0.15, 0.2) is 0 Å². The van der Waals surface area contributed by atoms with Crippen molar-refractivity contribution in [2.75, 3.05) is 13.2 Å². The van der Waals surface area contributed by atoms with Crippen molar-refractivity contribution in [3.8, 4) is 11.3 Å². The fourth-order valence-corrected chi connectivity index (χ4v) is 4.08. The highest BCUT2D eigenvalue weighted by Crippen LogP contribution is 2.22. The van der Waals surface area contributed by atoms with Crippen molar-refractivity contribution in [1.29, 1.82) is 0 Å². The van der Waals surface area contributed by atoms with Gasteiger partial charge in [0.1, 0.15) is 0 Å². The van der Waals surface area contributed by atoms with E-state index >= 15 is 0 Å². The molecule has 2 aromatic carbocycles. The standard InChI is InChI=1S/C28H33NO2/c1-22-12-14-24(15-13-22)28-17-16-23-8-4-6-18-30-20-25-9-2-3-10-26(25)21-31-19-7-5-11-27(23)29-28/h2-3,9-10,12-17H,4-8,11,18-21H2,1H3. The summed E-state index contributed by atoms with van der Waals surface area (Å²) in [5.41, 5.74) is 8.65. The molecule has 0 fully saturated rings. The van der Waals surface area contributed by atoms with E-state index in [2.05, 4.69) is 67.6 Å². The van der Waals surface area contributed by atoms with Crippen molar-refractivity contribution in [3.05, 3.63) is 88.6 Å². The Kier molecular flexibility index (Phi) is 7.87.